The minimum Gasteiger partial charge on any atom is -0.488 e. The summed E-state index contributed by atoms with van der Waals surface area (Å²) in [7, 11) is 4.03. The van der Waals surface area contributed by atoms with E-state index >= 15 is 0 Å². The number of ether oxygens (including phenoxy) is 1. The molecule has 5 heteroatoms. The highest BCUT2D eigenvalue weighted by Crippen LogP contribution is 2.30. The van der Waals surface area contributed by atoms with E-state index in [-0.39, 0.29) is 12.1 Å². The SMILES string of the molecule is CN(C)CCN(Cc1ccccc1)C(=O)Nc1ccccc1OC1CCCC1. The van der Waals surface area contributed by atoms with Gasteiger partial charge in [-0.15, -0.1) is 0 Å². The molecule has 2 aromatic carbocycles. The zero-order chi connectivity index (χ0) is 19.8. The number of carbonyl (C=O) groups excluding carboxylic acids is 1. The third-order valence-electron chi connectivity index (χ3n) is 5.05. The molecule has 150 valence electrons. The van der Waals surface area contributed by atoms with Crippen LogP contribution >= 0.6 is 0 Å². The second-order valence-electron chi connectivity index (χ2n) is 7.66. The Hall–Kier alpha value is -2.53. The van der Waals surface area contributed by atoms with Crippen molar-refractivity contribution in [2.45, 2.75) is 38.3 Å². The van der Waals surface area contributed by atoms with E-state index in [1.165, 1.54) is 12.8 Å². The van der Waals surface area contributed by atoms with Gasteiger partial charge >= 0.3 is 6.03 Å². The molecule has 0 bridgehead atoms. The Labute approximate surface area is 168 Å². The molecule has 28 heavy (non-hydrogen) atoms. The normalized spacial score (nSPS) is 14.2. The summed E-state index contributed by atoms with van der Waals surface area (Å²) < 4.78 is 6.16. The molecule has 0 spiro atoms. The van der Waals surface area contributed by atoms with Gasteiger partial charge in [0.1, 0.15) is 5.75 Å². The fraction of sp³-hybridized carbons (Fsp3) is 0.435. The van der Waals surface area contributed by atoms with Crippen LogP contribution in [0.1, 0.15) is 31.2 Å². The lowest BCUT2D eigenvalue weighted by molar-refractivity contribution is 0.200. The maximum Gasteiger partial charge on any atom is 0.322 e. The second-order valence-corrected chi connectivity index (χ2v) is 7.66. The van der Waals surface area contributed by atoms with Gasteiger partial charge in [0.05, 0.1) is 11.8 Å². The van der Waals surface area contributed by atoms with Gasteiger partial charge in [0.2, 0.25) is 0 Å². The number of hydrogen-bond acceptors (Lipinski definition) is 3. The molecule has 5 nitrogen and oxygen atoms in total. The molecule has 1 saturated carbocycles. The lowest BCUT2D eigenvalue weighted by Crippen LogP contribution is -2.39. The van der Waals surface area contributed by atoms with Crippen molar-refractivity contribution in [2.24, 2.45) is 0 Å². The first kappa shape index (κ1) is 20.2. The molecule has 0 aromatic heterocycles. The van der Waals surface area contributed by atoms with Crippen LogP contribution in [0.4, 0.5) is 10.5 Å². The van der Waals surface area contributed by atoms with E-state index in [1.807, 2.05) is 73.6 Å². The average Bonchev–Trinajstić information content (AvgIpc) is 3.20. The summed E-state index contributed by atoms with van der Waals surface area (Å²) in [6, 6.07) is 17.7. The standard InChI is InChI=1S/C23H31N3O2/c1-25(2)16-17-26(18-19-10-4-3-5-11-19)23(27)24-21-14-8-9-15-22(21)28-20-12-6-7-13-20/h3-5,8-11,14-15,20H,6-7,12-13,16-18H2,1-2H3,(H,24,27). The van der Waals surface area contributed by atoms with E-state index in [9.17, 15) is 4.79 Å². The van der Waals surface area contributed by atoms with Crippen LogP contribution in [0.3, 0.4) is 0 Å². The van der Waals surface area contributed by atoms with Crippen molar-refractivity contribution in [3.8, 4) is 5.75 Å². The molecule has 2 amide bonds. The lowest BCUT2D eigenvalue weighted by atomic mass is 10.2. The molecular weight excluding hydrogens is 350 g/mol. The Kier molecular flexibility index (Phi) is 7.31. The van der Waals surface area contributed by atoms with Crippen LogP contribution in [-0.4, -0.2) is 49.1 Å². The number of anilines is 1. The van der Waals surface area contributed by atoms with Crippen LogP contribution in [-0.2, 0) is 6.54 Å². The lowest BCUT2D eigenvalue weighted by Gasteiger charge is -2.25. The summed E-state index contributed by atoms with van der Waals surface area (Å²) >= 11 is 0. The van der Waals surface area contributed by atoms with Gasteiger partial charge < -0.3 is 19.9 Å². The number of urea groups is 1. The average molecular weight is 382 g/mol. The van der Waals surface area contributed by atoms with Crippen molar-refractivity contribution < 1.29 is 9.53 Å². The van der Waals surface area contributed by atoms with E-state index in [1.54, 1.807) is 0 Å². The summed E-state index contributed by atoms with van der Waals surface area (Å²) in [5.74, 6) is 0.759. The van der Waals surface area contributed by atoms with Gasteiger partial charge in [-0.1, -0.05) is 42.5 Å². The van der Waals surface area contributed by atoms with Crippen LogP contribution in [0.25, 0.3) is 0 Å². The zero-order valence-corrected chi connectivity index (χ0v) is 16.9. The summed E-state index contributed by atoms with van der Waals surface area (Å²) in [5, 5.41) is 3.07. The van der Waals surface area contributed by atoms with E-state index in [4.69, 9.17) is 4.74 Å². The van der Waals surface area contributed by atoms with E-state index < -0.39 is 0 Å². The highest BCUT2D eigenvalue weighted by Gasteiger charge is 2.20. The Morgan fingerprint density at radius 3 is 2.39 bits per heavy atom. The third-order valence-corrected chi connectivity index (χ3v) is 5.05. The number of nitrogens with one attached hydrogen (secondary N) is 1. The summed E-state index contributed by atoms with van der Waals surface area (Å²) in [6.45, 7) is 2.03. The summed E-state index contributed by atoms with van der Waals surface area (Å²) in [4.78, 5) is 17.0. The number of benzene rings is 2. The van der Waals surface area contributed by atoms with Crippen molar-refractivity contribution >= 4 is 11.7 Å². The van der Waals surface area contributed by atoms with Gasteiger partial charge in [0.25, 0.3) is 0 Å². The van der Waals surface area contributed by atoms with Crippen molar-refractivity contribution in [1.29, 1.82) is 0 Å². The predicted molar refractivity (Wildman–Crippen MR) is 114 cm³/mol. The summed E-state index contributed by atoms with van der Waals surface area (Å²) in [5.41, 5.74) is 1.86. The zero-order valence-electron chi connectivity index (χ0n) is 16.9. The molecule has 0 unspecified atom stereocenters. The molecule has 1 N–H and O–H groups in total. The number of carbonyl (C=O) groups is 1. The molecule has 0 radical (unpaired) electrons. The number of hydrogen-bond donors (Lipinski definition) is 1. The van der Waals surface area contributed by atoms with Gasteiger partial charge in [-0.25, -0.2) is 4.79 Å². The van der Waals surface area contributed by atoms with Crippen molar-refractivity contribution in [3.63, 3.8) is 0 Å². The van der Waals surface area contributed by atoms with Gasteiger partial charge in [0.15, 0.2) is 0 Å². The fourth-order valence-corrected chi connectivity index (χ4v) is 3.43. The maximum atomic E-state index is 13.1. The first-order chi connectivity index (χ1) is 13.6. The molecule has 1 fully saturated rings. The van der Waals surface area contributed by atoms with Gasteiger partial charge in [-0.3, -0.25) is 0 Å². The van der Waals surface area contributed by atoms with Gasteiger partial charge in [-0.05, 0) is 57.5 Å². The molecule has 2 aromatic rings. The van der Waals surface area contributed by atoms with Crippen LogP contribution in [0.2, 0.25) is 0 Å². The Morgan fingerprint density at radius 2 is 1.68 bits per heavy atom. The number of likely N-dealkylation sites (N-methyl/N-ethyl adjacent to an activating group) is 1. The van der Waals surface area contributed by atoms with Crippen LogP contribution in [0, 0.1) is 0 Å². The number of rotatable bonds is 8. The molecule has 0 heterocycles. The first-order valence-electron chi connectivity index (χ1n) is 10.1. The Bertz CT molecular complexity index is 743. The number of para-hydroxylation sites is 2. The number of amides is 2. The van der Waals surface area contributed by atoms with Crippen LogP contribution in [0.15, 0.2) is 54.6 Å². The minimum atomic E-state index is -0.104. The largest absolute Gasteiger partial charge is 0.488 e. The van der Waals surface area contributed by atoms with Crippen LogP contribution < -0.4 is 10.1 Å². The molecule has 0 saturated heterocycles. The van der Waals surface area contributed by atoms with Gasteiger partial charge in [0, 0.05) is 19.6 Å². The molecular formula is C23H31N3O2. The van der Waals surface area contributed by atoms with Crippen molar-refractivity contribution in [1.82, 2.24) is 9.80 Å². The van der Waals surface area contributed by atoms with E-state index in [0.717, 1.165) is 36.4 Å². The topological polar surface area (TPSA) is 44.8 Å². The fourth-order valence-electron chi connectivity index (χ4n) is 3.43. The van der Waals surface area contributed by atoms with E-state index in [2.05, 4.69) is 10.2 Å². The quantitative estimate of drug-likeness (QED) is 0.727. The minimum absolute atomic E-state index is 0.104. The highest BCUT2D eigenvalue weighted by molar-refractivity contribution is 5.91. The molecule has 0 aliphatic heterocycles. The molecule has 1 aliphatic carbocycles. The number of nitrogens with zero attached hydrogens (tertiary/aromatic N) is 2. The second kappa shape index (κ2) is 10.1. The Morgan fingerprint density at radius 1 is 1.00 bits per heavy atom. The van der Waals surface area contributed by atoms with E-state index in [0.29, 0.717) is 13.1 Å². The monoisotopic (exact) mass is 381 g/mol. The van der Waals surface area contributed by atoms with Crippen molar-refractivity contribution in [2.75, 3.05) is 32.5 Å². The molecule has 1 aliphatic rings. The smallest absolute Gasteiger partial charge is 0.322 e. The third kappa shape index (κ3) is 5.99. The summed E-state index contributed by atoms with van der Waals surface area (Å²) in [6.07, 6.45) is 4.87. The maximum absolute atomic E-state index is 13.1. The molecule has 0 atom stereocenters. The first-order valence-corrected chi connectivity index (χ1v) is 10.1. The van der Waals surface area contributed by atoms with Crippen LogP contribution in [0.5, 0.6) is 5.75 Å². The predicted octanol–water partition coefficient (Wildman–Crippen LogP) is 4.60. The van der Waals surface area contributed by atoms with Gasteiger partial charge in [-0.2, -0.15) is 0 Å². The highest BCUT2D eigenvalue weighted by atomic mass is 16.5. The van der Waals surface area contributed by atoms with Crippen molar-refractivity contribution in [3.05, 3.63) is 60.2 Å². The Balaban J connectivity index is 1.70. The molecule has 3 rings (SSSR count).